The van der Waals surface area contributed by atoms with Gasteiger partial charge in [-0.25, -0.2) is 0 Å². The van der Waals surface area contributed by atoms with E-state index in [0.29, 0.717) is 6.54 Å². The Labute approximate surface area is 101 Å². The number of amides is 1. The van der Waals surface area contributed by atoms with Crippen molar-refractivity contribution in [3.8, 4) is 0 Å². The lowest BCUT2D eigenvalue weighted by Crippen LogP contribution is -2.35. The van der Waals surface area contributed by atoms with Gasteiger partial charge in [-0.15, -0.1) is 0 Å². The standard InChI is InChI=1S/C12H19N3O2/c1-8-3-4-9(2)15(8)14-12(16)11-6-5-10(7-13)17-11/h3-4,10-11H,5-7,13H2,1-2H3,(H,14,16). The van der Waals surface area contributed by atoms with Crippen LogP contribution in [0.4, 0.5) is 0 Å². The van der Waals surface area contributed by atoms with Gasteiger partial charge in [0.05, 0.1) is 6.10 Å². The van der Waals surface area contributed by atoms with Gasteiger partial charge in [0.2, 0.25) is 0 Å². The van der Waals surface area contributed by atoms with Crippen molar-refractivity contribution in [2.75, 3.05) is 12.0 Å². The zero-order chi connectivity index (χ0) is 12.4. The second-order valence-corrected chi connectivity index (χ2v) is 4.49. The molecule has 0 saturated carbocycles. The monoisotopic (exact) mass is 237 g/mol. The number of carbonyl (C=O) groups is 1. The lowest BCUT2D eigenvalue weighted by atomic mass is 10.2. The first-order valence-electron chi connectivity index (χ1n) is 5.93. The van der Waals surface area contributed by atoms with Crippen LogP contribution in [-0.4, -0.2) is 29.3 Å². The number of aromatic nitrogens is 1. The van der Waals surface area contributed by atoms with Gasteiger partial charge in [0.15, 0.2) is 0 Å². The van der Waals surface area contributed by atoms with Crippen LogP contribution in [0.25, 0.3) is 0 Å². The molecular weight excluding hydrogens is 218 g/mol. The third-order valence-corrected chi connectivity index (χ3v) is 3.16. The van der Waals surface area contributed by atoms with Crippen molar-refractivity contribution in [3.05, 3.63) is 23.5 Å². The summed E-state index contributed by atoms with van der Waals surface area (Å²) >= 11 is 0. The second-order valence-electron chi connectivity index (χ2n) is 4.49. The lowest BCUT2D eigenvalue weighted by Gasteiger charge is -2.15. The van der Waals surface area contributed by atoms with Crippen LogP contribution in [-0.2, 0) is 9.53 Å². The molecule has 0 spiro atoms. The minimum atomic E-state index is -0.371. The second kappa shape index (κ2) is 4.89. The van der Waals surface area contributed by atoms with Crippen molar-refractivity contribution < 1.29 is 9.53 Å². The molecule has 1 aromatic heterocycles. The molecule has 0 aliphatic carbocycles. The molecule has 94 valence electrons. The molecule has 2 atom stereocenters. The maximum Gasteiger partial charge on any atom is 0.267 e. The van der Waals surface area contributed by atoms with Gasteiger partial charge in [-0.3, -0.25) is 14.9 Å². The third kappa shape index (κ3) is 2.50. The summed E-state index contributed by atoms with van der Waals surface area (Å²) in [5.41, 5.74) is 10.4. The van der Waals surface area contributed by atoms with Gasteiger partial charge in [0.1, 0.15) is 6.10 Å². The predicted molar refractivity (Wildman–Crippen MR) is 65.2 cm³/mol. The largest absolute Gasteiger partial charge is 0.364 e. The highest BCUT2D eigenvalue weighted by molar-refractivity contribution is 5.88. The summed E-state index contributed by atoms with van der Waals surface area (Å²) in [6.45, 7) is 4.38. The normalized spacial score (nSPS) is 23.9. The molecule has 1 saturated heterocycles. The van der Waals surface area contributed by atoms with Crippen molar-refractivity contribution in [1.29, 1.82) is 0 Å². The van der Waals surface area contributed by atoms with Crippen LogP contribution in [0, 0.1) is 13.8 Å². The van der Waals surface area contributed by atoms with E-state index in [-0.39, 0.29) is 18.1 Å². The number of hydrogen-bond donors (Lipinski definition) is 2. The van der Waals surface area contributed by atoms with Gasteiger partial charge in [-0.1, -0.05) is 0 Å². The van der Waals surface area contributed by atoms with E-state index in [1.165, 1.54) is 0 Å². The predicted octanol–water partition coefficient (Wildman–Crippen LogP) is 0.681. The number of carbonyl (C=O) groups excluding carboxylic acids is 1. The van der Waals surface area contributed by atoms with Gasteiger partial charge in [-0.2, -0.15) is 0 Å². The Morgan fingerprint density at radius 2 is 2.12 bits per heavy atom. The van der Waals surface area contributed by atoms with Gasteiger partial charge >= 0.3 is 0 Å². The number of hydrogen-bond acceptors (Lipinski definition) is 3. The quantitative estimate of drug-likeness (QED) is 0.812. The fourth-order valence-electron chi connectivity index (χ4n) is 2.10. The molecule has 0 radical (unpaired) electrons. The molecule has 5 heteroatoms. The van der Waals surface area contributed by atoms with Crippen molar-refractivity contribution in [3.63, 3.8) is 0 Å². The molecule has 2 unspecified atom stereocenters. The fourth-order valence-corrected chi connectivity index (χ4v) is 2.10. The van der Waals surface area contributed by atoms with Crippen LogP contribution in [0.2, 0.25) is 0 Å². The molecule has 0 bridgehead atoms. The zero-order valence-electron chi connectivity index (χ0n) is 10.3. The number of aryl methyl sites for hydroxylation is 2. The van der Waals surface area contributed by atoms with E-state index in [9.17, 15) is 4.79 Å². The molecule has 5 nitrogen and oxygen atoms in total. The number of rotatable bonds is 3. The highest BCUT2D eigenvalue weighted by atomic mass is 16.5. The Morgan fingerprint density at radius 3 is 2.65 bits per heavy atom. The molecule has 0 aromatic carbocycles. The molecule has 1 aromatic rings. The highest BCUT2D eigenvalue weighted by Gasteiger charge is 2.30. The Bertz CT molecular complexity index is 394. The van der Waals surface area contributed by atoms with Crippen LogP contribution in [0.1, 0.15) is 24.2 Å². The Balaban J connectivity index is 1.98. The molecule has 1 aliphatic heterocycles. The Hall–Kier alpha value is -1.33. The zero-order valence-corrected chi connectivity index (χ0v) is 10.3. The SMILES string of the molecule is Cc1ccc(C)n1NC(=O)C1CCC(CN)O1. The van der Waals surface area contributed by atoms with Gasteiger partial charge in [-0.05, 0) is 38.8 Å². The van der Waals surface area contributed by atoms with Gasteiger partial charge in [0.25, 0.3) is 5.91 Å². The first kappa shape index (κ1) is 12.1. The van der Waals surface area contributed by atoms with Crippen LogP contribution in [0.15, 0.2) is 12.1 Å². The Kier molecular flexibility index (Phi) is 3.49. The summed E-state index contributed by atoms with van der Waals surface area (Å²) in [6, 6.07) is 3.93. The first-order valence-corrected chi connectivity index (χ1v) is 5.93. The number of nitrogens with zero attached hydrogens (tertiary/aromatic N) is 1. The molecule has 1 aliphatic rings. The van der Waals surface area contributed by atoms with E-state index in [1.54, 1.807) is 4.68 Å². The smallest absolute Gasteiger partial charge is 0.267 e. The maximum atomic E-state index is 12.0. The Morgan fingerprint density at radius 1 is 1.47 bits per heavy atom. The molecule has 2 heterocycles. The minimum absolute atomic E-state index is 0.0256. The third-order valence-electron chi connectivity index (χ3n) is 3.16. The van der Waals surface area contributed by atoms with Crippen molar-refractivity contribution in [2.24, 2.45) is 5.73 Å². The molecule has 1 amide bonds. The van der Waals surface area contributed by atoms with Gasteiger partial charge < -0.3 is 10.5 Å². The van der Waals surface area contributed by atoms with Crippen LogP contribution in [0.5, 0.6) is 0 Å². The summed E-state index contributed by atoms with van der Waals surface area (Å²) in [4.78, 5) is 12.0. The van der Waals surface area contributed by atoms with E-state index in [1.807, 2.05) is 26.0 Å². The average Bonchev–Trinajstić information content (AvgIpc) is 2.90. The van der Waals surface area contributed by atoms with Crippen LogP contribution >= 0.6 is 0 Å². The van der Waals surface area contributed by atoms with E-state index in [4.69, 9.17) is 10.5 Å². The van der Waals surface area contributed by atoms with Crippen molar-refractivity contribution in [2.45, 2.75) is 38.9 Å². The number of ether oxygens (including phenoxy) is 1. The number of nitrogens with one attached hydrogen (secondary N) is 1. The van der Waals surface area contributed by atoms with E-state index < -0.39 is 0 Å². The maximum absolute atomic E-state index is 12.0. The van der Waals surface area contributed by atoms with Crippen LogP contribution < -0.4 is 11.2 Å². The van der Waals surface area contributed by atoms with Gasteiger partial charge in [0, 0.05) is 17.9 Å². The summed E-state index contributed by atoms with van der Waals surface area (Å²) in [7, 11) is 0. The summed E-state index contributed by atoms with van der Waals surface area (Å²) in [5, 5.41) is 0. The highest BCUT2D eigenvalue weighted by Crippen LogP contribution is 2.19. The minimum Gasteiger partial charge on any atom is -0.364 e. The molecular formula is C12H19N3O2. The van der Waals surface area contributed by atoms with Crippen molar-refractivity contribution >= 4 is 5.91 Å². The molecule has 2 rings (SSSR count). The van der Waals surface area contributed by atoms with Crippen LogP contribution in [0.3, 0.4) is 0 Å². The molecule has 17 heavy (non-hydrogen) atoms. The fraction of sp³-hybridized carbons (Fsp3) is 0.583. The lowest BCUT2D eigenvalue weighted by molar-refractivity contribution is -0.127. The number of nitrogens with two attached hydrogens (primary N) is 1. The van der Waals surface area contributed by atoms with E-state index >= 15 is 0 Å². The summed E-state index contributed by atoms with van der Waals surface area (Å²) in [5.74, 6) is -0.0941. The first-order chi connectivity index (χ1) is 8.11. The molecule has 3 N–H and O–H groups in total. The summed E-state index contributed by atoms with van der Waals surface area (Å²) in [6.07, 6.45) is 1.26. The molecule has 1 fully saturated rings. The van der Waals surface area contributed by atoms with Crippen molar-refractivity contribution in [1.82, 2.24) is 4.68 Å². The van der Waals surface area contributed by atoms with E-state index in [0.717, 1.165) is 24.2 Å². The average molecular weight is 237 g/mol. The van der Waals surface area contributed by atoms with E-state index in [2.05, 4.69) is 5.43 Å². The summed E-state index contributed by atoms with van der Waals surface area (Å²) < 4.78 is 7.33. The topological polar surface area (TPSA) is 69.3 Å².